The summed E-state index contributed by atoms with van der Waals surface area (Å²) in [7, 11) is 0. The Morgan fingerprint density at radius 1 is 1.38 bits per heavy atom. The van der Waals surface area contributed by atoms with Crippen LogP contribution in [0.3, 0.4) is 0 Å². The van der Waals surface area contributed by atoms with Crippen LogP contribution in [0.1, 0.15) is 26.7 Å². The van der Waals surface area contributed by atoms with Crippen LogP contribution in [-0.2, 0) is 0 Å². The lowest BCUT2D eigenvalue weighted by Gasteiger charge is -2.21. The van der Waals surface area contributed by atoms with E-state index in [1.807, 2.05) is 13.8 Å². The average molecular weight is 228 g/mol. The van der Waals surface area contributed by atoms with Crippen LogP contribution < -0.4 is 0 Å². The summed E-state index contributed by atoms with van der Waals surface area (Å²) in [5, 5.41) is 9.43. The Hall–Kier alpha value is 0.690. The second kappa shape index (κ2) is 3.67. The Kier molecular flexibility index (Phi) is 3.98. The SMILES string of the molecule is CCC(O)(CC)CI. The molecule has 0 saturated carbocycles. The highest BCUT2D eigenvalue weighted by atomic mass is 127. The second-order valence-electron chi connectivity index (χ2n) is 2.07. The molecule has 0 aliphatic rings. The third kappa shape index (κ3) is 2.31. The van der Waals surface area contributed by atoms with Gasteiger partial charge < -0.3 is 5.11 Å². The van der Waals surface area contributed by atoms with E-state index in [0.717, 1.165) is 17.3 Å². The van der Waals surface area contributed by atoms with Gasteiger partial charge in [0, 0.05) is 4.43 Å². The second-order valence-corrected chi connectivity index (χ2v) is 2.83. The molecule has 0 spiro atoms. The maximum Gasteiger partial charge on any atom is 0.0731 e. The van der Waals surface area contributed by atoms with Crippen molar-refractivity contribution in [3.63, 3.8) is 0 Å². The Morgan fingerprint density at radius 3 is 1.75 bits per heavy atom. The van der Waals surface area contributed by atoms with Crippen LogP contribution >= 0.6 is 22.6 Å². The van der Waals surface area contributed by atoms with Crippen LogP contribution in [0.25, 0.3) is 0 Å². The predicted molar refractivity (Wildman–Crippen MR) is 44.4 cm³/mol. The van der Waals surface area contributed by atoms with E-state index in [2.05, 4.69) is 22.6 Å². The largest absolute Gasteiger partial charge is 0.389 e. The first-order chi connectivity index (χ1) is 3.68. The fraction of sp³-hybridized carbons (Fsp3) is 1.00. The molecule has 8 heavy (non-hydrogen) atoms. The molecule has 1 N–H and O–H groups in total. The standard InChI is InChI=1S/C6H13IO/c1-3-6(8,4-2)5-7/h8H,3-5H2,1-2H3. The van der Waals surface area contributed by atoms with E-state index in [1.54, 1.807) is 0 Å². The van der Waals surface area contributed by atoms with Crippen LogP contribution in [0, 0.1) is 0 Å². The van der Waals surface area contributed by atoms with Gasteiger partial charge in [-0.1, -0.05) is 36.4 Å². The van der Waals surface area contributed by atoms with Crippen molar-refractivity contribution in [2.24, 2.45) is 0 Å². The molecule has 0 radical (unpaired) electrons. The summed E-state index contributed by atoms with van der Waals surface area (Å²) < 4.78 is 0.845. The maximum absolute atomic E-state index is 9.43. The van der Waals surface area contributed by atoms with Gasteiger partial charge in [-0.15, -0.1) is 0 Å². The summed E-state index contributed by atoms with van der Waals surface area (Å²) in [6.07, 6.45) is 1.74. The molecular weight excluding hydrogens is 215 g/mol. The van der Waals surface area contributed by atoms with E-state index in [4.69, 9.17) is 0 Å². The molecule has 2 heteroatoms. The lowest BCUT2D eigenvalue weighted by atomic mass is 10.0. The van der Waals surface area contributed by atoms with Crippen molar-refractivity contribution in [2.45, 2.75) is 32.3 Å². The Bertz CT molecular complexity index is 51.3. The zero-order valence-electron chi connectivity index (χ0n) is 5.45. The van der Waals surface area contributed by atoms with Gasteiger partial charge >= 0.3 is 0 Å². The third-order valence-electron chi connectivity index (χ3n) is 1.56. The first-order valence-corrected chi connectivity index (χ1v) is 4.49. The summed E-state index contributed by atoms with van der Waals surface area (Å²) in [6.45, 7) is 4.03. The number of halogens is 1. The number of alkyl halides is 1. The van der Waals surface area contributed by atoms with Crippen molar-refractivity contribution >= 4 is 22.6 Å². The highest BCUT2D eigenvalue weighted by Crippen LogP contribution is 2.16. The molecule has 0 aliphatic heterocycles. The van der Waals surface area contributed by atoms with Crippen LogP contribution in [0.2, 0.25) is 0 Å². The molecule has 0 unspecified atom stereocenters. The summed E-state index contributed by atoms with van der Waals surface area (Å²) in [5.74, 6) is 0. The van der Waals surface area contributed by atoms with E-state index in [-0.39, 0.29) is 5.60 Å². The van der Waals surface area contributed by atoms with Gasteiger partial charge in [-0.05, 0) is 12.8 Å². The topological polar surface area (TPSA) is 20.2 Å². The molecule has 0 atom stereocenters. The molecule has 0 aliphatic carbocycles. The van der Waals surface area contributed by atoms with Crippen LogP contribution in [0.5, 0.6) is 0 Å². The third-order valence-corrected chi connectivity index (χ3v) is 2.98. The van der Waals surface area contributed by atoms with Gasteiger partial charge in [-0.2, -0.15) is 0 Å². The van der Waals surface area contributed by atoms with Gasteiger partial charge in [0.2, 0.25) is 0 Å². The summed E-state index contributed by atoms with van der Waals surface area (Å²) in [4.78, 5) is 0. The summed E-state index contributed by atoms with van der Waals surface area (Å²) >= 11 is 2.22. The zero-order valence-corrected chi connectivity index (χ0v) is 7.60. The minimum Gasteiger partial charge on any atom is -0.389 e. The Morgan fingerprint density at radius 2 is 1.75 bits per heavy atom. The summed E-state index contributed by atoms with van der Waals surface area (Å²) in [5.41, 5.74) is -0.388. The van der Waals surface area contributed by atoms with Crippen molar-refractivity contribution < 1.29 is 5.11 Å². The fourth-order valence-electron chi connectivity index (χ4n) is 0.439. The number of rotatable bonds is 3. The molecule has 0 aromatic carbocycles. The quantitative estimate of drug-likeness (QED) is 0.578. The first kappa shape index (κ1) is 8.69. The van der Waals surface area contributed by atoms with Gasteiger partial charge in [0.25, 0.3) is 0 Å². The molecule has 0 bridgehead atoms. The van der Waals surface area contributed by atoms with E-state index >= 15 is 0 Å². The Labute approximate surface area is 64.6 Å². The fourth-order valence-corrected chi connectivity index (χ4v) is 1.52. The van der Waals surface area contributed by atoms with Gasteiger partial charge in [0.05, 0.1) is 5.60 Å². The van der Waals surface area contributed by atoms with Crippen molar-refractivity contribution in [1.82, 2.24) is 0 Å². The molecular formula is C6H13IO. The molecule has 0 aromatic heterocycles. The van der Waals surface area contributed by atoms with Gasteiger partial charge in [0.15, 0.2) is 0 Å². The van der Waals surface area contributed by atoms with Crippen molar-refractivity contribution in [2.75, 3.05) is 4.43 Å². The normalized spacial score (nSPS) is 12.0. The molecule has 50 valence electrons. The molecule has 0 heterocycles. The summed E-state index contributed by atoms with van der Waals surface area (Å²) in [6, 6.07) is 0. The smallest absolute Gasteiger partial charge is 0.0731 e. The number of hydrogen-bond acceptors (Lipinski definition) is 1. The average Bonchev–Trinajstić information content (AvgIpc) is 1.87. The highest BCUT2D eigenvalue weighted by Gasteiger charge is 2.18. The van der Waals surface area contributed by atoms with Gasteiger partial charge in [0.1, 0.15) is 0 Å². The minimum atomic E-state index is -0.388. The van der Waals surface area contributed by atoms with Gasteiger partial charge in [-0.3, -0.25) is 0 Å². The van der Waals surface area contributed by atoms with E-state index < -0.39 is 0 Å². The lowest BCUT2D eigenvalue weighted by Crippen LogP contribution is -2.27. The predicted octanol–water partition coefficient (Wildman–Crippen LogP) is 1.97. The zero-order chi connectivity index (χ0) is 6.62. The first-order valence-electron chi connectivity index (χ1n) is 2.97. The molecule has 0 amide bonds. The van der Waals surface area contributed by atoms with Crippen molar-refractivity contribution in [3.05, 3.63) is 0 Å². The molecule has 1 nitrogen and oxygen atoms in total. The minimum absolute atomic E-state index is 0.388. The highest BCUT2D eigenvalue weighted by molar-refractivity contribution is 14.1. The molecule has 0 saturated heterocycles. The van der Waals surface area contributed by atoms with Crippen molar-refractivity contribution in [1.29, 1.82) is 0 Å². The van der Waals surface area contributed by atoms with E-state index in [1.165, 1.54) is 0 Å². The van der Waals surface area contributed by atoms with Crippen molar-refractivity contribution in [3.8, 4) is 0 Å². The van der Waals surface area contributed by atoms with Crippen LogP contribution in [0.15, 0.2) is 0 Å². The number of hydrogen-bond donors (Lipinski definition) is 1. The van der Waals surface area contributed by atoms with Crippen LogP contribution in [-0.4, -0.2) is 15.1 Å². The monoisotopic (exact) mass is 228 g/mol. The maximum atomic E-state index is 9.43. The van der Waals surface area contributed by atoms with E-state index in [0.29, 0.717) is 0 Å². The van der Waals surface area contributed by atoms with Crippen LogP contribution in [0.4, 0.5) is 0 Å². The van der Waals surface area contributed by atoms with Gasteiger partial charge in [-0.25, -0.2) is 0 Å². The number of aliphatic hydroxyl groups is 1. The molecule has 0 rings (SSSR count). The lowest BCUT2D eigenvalue weighted by molar-refractivity contribution is 0.0602. The van der Waals surface area contributed by atoms with E-state index in [9.17, 15) is 5.11 Å². The molecule has 0 fully saturated rings. The Balaban J connectivity index is 3.58. The molecule has 0 aromatic rings.